The van der Waals surface area contributed by atoms with Crippen molar-refractivity contribution >= 4 is 17.6 Å². The highest BCUT2D eigenvalue weighted by atomic mass is 16.5. The van der Waals surface area contributed by atoms with Crippen molar-refractivity contribution in [2.24, 2.45) is 5.92 Å². The molecule has 6 heteroatoms. The summed E-state index contributed by atoms with van der Waals surface area (Å²) >= 11 is 0. The number of likely N-dealkylation sites (tertiary alicyclic amines) is 1. The van der Waals surface area contributed by atoms with Crippen LogP contribution in [-0.4, -0.2) is 42.6 Å². The number of nitrogens with zero attached hydrogens (tertiary/aromatic N) is 2. The number of fused-ring (bicyclic) bond motifs is 1. The second-order valence-electron chi connectivity index (χ2n) is 8.19. The van der Waals surface area contributed by atoms with E-state index in [9.17, 15) is 9.59 Å². The molecule has 158 valence electrons. The van der Waals surface area contributed by atoms with E-state index in [1.54, 1.807) is 4.90 Å². The quantitative estimate of drug-likeness (QED) is 0.837. The molecule has 2 atom stereocenters. The predicted octanol–water partition coefficient (Wildman–Crippen LogP) is 3.98. The number of amides is 3. The smallest absolute Gasteiger partial charge is 0.324 e. The van der Waals surface area contributed by atoms with Crippen molar-refractivity contribution < 1.29 is 14.3 Å². The maximum atomic E-state index is 13.2. The number of piperidine rings is 1. The van der Waals surface area contributed by atoms with Gasteiger partial charge in [0, 0.05) is 19.0 Å². The van der Waals surface area contributed by atoms with E-state index in [1.807, 2.05) is 73.3 Å². The summed E-state index contributed by atoms with van der Waals surface area (Å²) in [6.45, 7) is 5.68. The summed E-state index contributed by atoms with van der Waals surface area (Å²) in [5.74, 6) is 0.758. The number of rotatable bonds is 3. The molecule has 3 amide bonds. The second kappa shape index (κ2) is 8.78. The maximum absolute atomic E-state index is 13.2. The van der Waals surface area contributed by atoms with Crippen molar-refractivity contribution in [1.29, 1.82) is 0 Å². The lowest BCUT2D eigenvalue weighted by Gasteiger charge is -2.39. The van der Waals surface area contributed by atoms with Crippen LogP contribution in [0, 0.1) is 5.92 Å². The van der Waals surface area contributed by atoms with Crippen molar-refractivity contribution in [3.05, 3.63) is 60.2 Å². The minimum absolute atomic E-state index is 0.00545. The molecule has 0 unspecified atom stereocenters. The number of para-hydroxylation sites is 2. The third-order valence-electron chi connectivity index (χ3n) is 5.95. The topological polar surface area (TPSA) is 61.9 Å². The first-order valence-corrected chi connectivity index (χ1v) is 10.7. The molecule has 30 heavy (non-hydrogen) atoms. The molecule has 0 aliphatic carbocycles. The first kappa shape index (κ1) is 20.3. The molecular formula is C24H29N3O3. The Morgan fingerprint density at radius 1 is 1.03 bits per heavy atom. The van der Waals surface area contributed by atoms with Crippen molar-refractivity contribution in [2.45, 2.75) is 38.8 Å². The van der Waals surface area contributed by atoms with Gasteiger partial charge in [-0.25, -0.2) is 4.79 Å². The van der Waals surface area contributed by atoms with E-state index in [4.69, 9.17) is 4.74 Å². The van der Waals surface area contributed by atoms with E-state index >= 15 is 0 Å². The second-order valence-corrected chi connectivity index (χ2v) is 8.19. The van der Waals surface area contributed by atoms with Crippen LogP contribution in [0.15, 0.2) is 54.6 Å². The molecule has 2 aliphatic heterocycles. The highest BCUT2D eigenvalue weighted by molar-refractivity contribution is 5.94. The molecule has 1 N–H and O–H groups in total. The summed E-state index contributed by atoms with van der Waals surface area (Å²) in [5.41, 5.74) is 1.91. The van der Waals surface area contributed by atoms with E-state index in [2.05, 4.69) is 5.32 Å². The van der Waals surface area contributed by atoms with Gasteiger partial charge in [0.2, 0.25) is 5.91 Å². The van der Waals surface area contributed by atoms with Gasteiger partial charge in [0.25, 0.3) is 0 Å². The lowest BCUT2D eigenvalue weighted by atomic mass is 9.95. The van der Waals surface area contributed by atoms with Crippen LogP contribution in [-0.2, 0) is 4.79 Å². The average molecular weight is 408 g/mol. The van der Waals surface area contributed by atoms with Crippen LogP contribution >= 0.6 is 0 Å². The molecule has 0 bridgehead atoms. The number of nitrogens with one attached hydrogen (secondary N) is 1. The standard InChI is InChI=1S/C24H29N3O3/c1-17-16-27(21-10-6-7-11-22(21)30-17)24(29)26-14-12-20(13-15-26)23(28)25-18(2)19-8-4-3-5-9-19/h3-11,17-18,20H,12-16H2,1-2H3,(H,25,28)/t17-,18+/m0/s1. The summed E-state index contributed by atoms with van der Waals surface area (Å²) < 4.78 is 5.86. The third kappa shape index (κ3) is 4.27. The molecule has 2 aliphatic rings. The van der Waals surface area contributed by atoms with Gasteiger partial charge < -0.3 is 15.0 Å². The molecule has 0 aromatic heterocycles. The number of hydrogen-bond acceptors (Lipinski definition) is 3. The molecule has 0 saturated carbocycles. The molecule has 2 aromatic carbocycles. The van der Waals surface area contributed by atoms with Crippen LogP contribution in [0.3, 0.4) is 0 Å². The number of carbonyl (C=O) groups is 2. The lowest BCUT2D eigenvalue weighted by Crippen LogP contribution is -2.52. The van der Waals surface area contributed by atoms with Crippen LogP contribution in [0.2, 0.25) is 0 Å². The summed E-state index contributed by atoms with van der Waals surface area (Å²) in [4.78, 5) is 29.6. The van der Waals surface area contributed by atoms with Crippen LogP contribution in [0.5, 0.6) is 5.75 Å². The van der Waals surface area contributed by atoms with E-state index in [-0.39, 0.29) is 30.0 Å². The van der Waals surface area contributed by atoms with E-state index in [1.165, 1.54) is 0 Å². The van der Waals surface area contributed by atoms with Crippen molar-refractivity contribution in [2.75, 3.05) is 24.5 Å². The molecule has 0 radical (unpaired) electrons. The summed E-state index contributed by atoms with van der Waals surface area (Å²) in [6.07, 6.45) is 1.31. The first-order chi connectivity index (χ1) is 14.5. The fraction of sp³-hybridized carbons (Fsp3) is 0.417. The molecule has 1 saturated heterocycles. The zero-order valence-corrected chi connectivity index (χ0v) is 17.6. The van der Waals surface area contributed by atoms with Gasteiger partial charge in [0.1, 0.15) is 11.9 Å². The monoisotopic (exact) mass is 407 g/mol. The van der Waals surface area contributed by atoms with Gasteiger partial charge in [-0.15, -0.1) is 0 Å². The number of benzene rings is 2. The van der Waals surface area contributed by atoms with Crippen molar-refractivity contribution in [1.82, 2.24) is 10.2 Å². The number of anilines is 1. The molecule has 4 rings (SSSR count). The van der Waals surface area contributed by atoms with E-state index < -0.39 is 0 Å². The normalized spacial score (nSPS) is 20.1. The summed E-state index contributed by atoms with van der Waals surface area (Å²) in [7, 11) is 0. The molecule has 2 heterocycles. The summed E-state index contributed by atoms with van der Waals surface area (Å²) in [5, 5.41) is 3.12. The highest BCUT2D eigenvalue weighted by Gasteiger charge is 2.34. The Hall–Kier alpha value is -3.02. The fourth-order valence-electron chi connectivity index (χ4n) is 4.23. The van der Waals surface area contributed by atoms with Gasteiger partial charge in [-0.2, -0.15) is 0 Å². The van der Waals surface area contributed by atoms with Gasteiger partial charge >= 0.3 is 6.03 Å². The van der Waals surface area contributed by atoms with Crippen molar-refractivity contribution in [3.8, 4) is 5.75 Å². The first-order valence-electron chi connectivity index (χ1n) is 10.7. The zero-order valence-electron chi connectivity index (χ0n) is 17.6. The number of urea groups is 1. The highest BCUT2D eigenvalue weighted by Crippen LogP contribution is 2.34. The summed E-state index contributed by atoms with van der Waals surface area (Å²) in [6, 6.07) is 17.6. The van der Waals surface area contributed by atoms with E-state index in [0.717, 1.165) is 17.0 Å². The van der Waals surface area contributed by atoms with Gasteiger partial charge in [-0.3, -0.25) is 9.69 Å². The molecule has 6 nitrogen and oxygen atoms in total. The number of ether oxygens (including phenoxy) is 1. The SMILES string of the molecule is C[C@H]1CN(C(=O)N2CCC(C(=O)N[C@H](C)c3ccccc3)CC2)c2ccccc2O1. The lowest BCUT2D eigenvalue weighted by molar-refractivity contribution is -0.126. The number of hydrogen-bond donors (Lipinski definition) is 1. The molecule has 2 aromatic rings. The van der Waals surface area contributed by atoms with Crippen LogP contribution < -0.4 is 15.0 Å². The van der Waals surface area contributed by atoms with Gasteiger partial charge in [-0.05, 0) is 44.4 Å². The Kier molecular flexibility index (Phi) is 5.93. The fourth-order valence-corrected chi connectivity index (χ4v) is 4.23. The Labute approximate surface area is 177 Å². The largest absolute Gasteiger partial charge is 0.487 e. The minimum atomic E-state index is -0.0592. The third-order valence-corrected chi connectivity index (χ3v) is 5.95. The minimum Gasteiger partial charge on any atom is -0.487 e. The average Bonchev–Trinajstić information content (AvgIpc) is 2.78. The maximum Gasteiger partial charge on any atom is 0.324 e. The zero-order chi connectivity index (χ0) is 21.1. The molecular weight excluding hydrogens is 378 g/mol. The van der Waals surface area contributed by atoms with E-state index in [0.29, 0.717) is 32.5 Å². The van der Waals surface area contributed by atoms with Gasteiger partial charge in [0.05, 0.1) is 18.3 Å². The predicted molar refractivity (Wildman–Crippen MR) is 117 cm³/mol. The Morgan fingerprint density at radius 3 is 2.43 bits per heavy atom. The van der Waals surface area contributed by atoms with Crippen LogP contribution in [0.1, 0.15) is 38.3 Å². The molecule has 0 spiro atoms. The van der Waals surface area contributed by atoms with Crippen LogP contribution in [0.25, 0.3) is 0 Å². The number of carbonyl (C=O) groups excluding carboxylic acids is 2. The van der Waals surface area contributed by atoms with Crippen molar-refractivity contribution in [3.63, 3.8) is 0 Å². The molecule has 1 fully saturated rings. The van der Waals surface area contributed by atoms with Gasteiger partial charge in [-0.1, -0.05) is 42.5 Å². The Balaban J connectivity index is 1.34. The van der Waals surface area contributed by atoms with Crippen LogP contribution in [0.4, 0.5) is 10.5 Å². The Morgan fingerprint density at radius 2 is 1.70 bits per heavy atom. The Bertz CT molecular complexity index is 894. The van der Waals surface area contributed by atoms with Gasteiger partial charge in [0.15, 0.2) is 0 Å².